The van der Waals surface area contributed by atoms with E-state index >= 15 is 0 Å². The summed E-state index contributed by atoms with van der Waals surface area (Å²) >= 11 is 1.29. The molecule has 102 valence electrons. The summed E-state index contributed by atoms with van der Waals surface area (Å²) in [5.41, 5.74) is 3.11. The number of hydrogen-bond donors (Lipinski definition) is 3. The van der Waals surface area contributed by atoms with Crippen molar-refractivity contribution in [2.24, 2.45) is 5.84 Å². The lowest BCUT2D eigenvalue weighted by Crippen LogP contribution is -2.14. The Morgan fingerprint density at radius 2 is 2.11 bits per heavy atom. The zero-order valence-corrected chi connectivity index (χ0v) is 12.0. The third-order valence-electron chi connectivity index (χ3n) is 2.44. The highest BCUT2D eigenvalue weighted by molar-refractivity contribution is 7.93. The first-order chi connectivity index (χ1) is 8.92. The molecule has 0 saturated heterocycles. The number of rotatable bonds is 4. The topological polar surface area (TPSA) is 110 Å². The van der Waals surface area contributed by atoms with Gasteiger partial charge >= 0.3 is 0 Å². The van der Waals surface area contributed by atoms with Gasteiger partial charge < -0.3 is 5.43 Å². The Morgan fingerprint density at radius 1 is 1.37 bits per heavy atom. The van der Waals surface area contributed by atoms with Crippen molar-refractivity contribution in [1.29, 1.82) is 0 Å². The number of aryl methyl sites for hydroxylation is 2. The van der Waals surface area contributed by atoms with Gasteiger partial charge in [-0.05, 0) is 19.9 Å². The van der Waals surface area contributed by atoms with Crippen molar-refractivity contribution in [3.8, 4) is 0 Å². The van der Waals surface area contributed by atoms with Crippen molar-refractivity contribution in [2.75, 3.05) is 10.1 Å². The number of nitrogen functional groups attached to an aromatic ring is 1. The Labute approximate surface area is 114 Å². The van der Waals surface area contributed by atoms with Gasteiger partial charge in [-0.1, -0.05) is 0 Å². The van der Waals surface area contributed by atoms with E-state index in [9.17, 15) is 8.42 Å². The lowest BCUT2D eigenvalue weighted by Gasteiger charge is -2.06. The molecular weight excluding hydrogens is 286 g/mol. The molecule has 9 heteroatoms. The number of hydrazine groups is 1. The van der Waals surface area contributed by atoms with E-state index in [1.165, 1.54) is 29.7 Å². The molecule has 0 unspecified atom stereocenters. The van der Waals surface area contributed by atoms with Gasteiger partial charge in [-0.15, -0.1) is 11.3 Å². The number of nitrogens with one attached hydrogen (secondary N) is 2. The summed E-state index contributed by atoms with van der Waals surface area (Å²) in [4.78, 5) is 9.03. The molecular formula is C10H13N5O2S2. The summed E-state index contributed by atoms with van der Waals surface area (Å²) in [5, 5.41) is 0.342. The van der Waals surface area contributed by atoms with Crippen LogP contribution in [0.1, 0.15) is 10.6 Å². The van der Waals surface area contributed by atoms with Gasteiger partial charge in [0.1, 0.15) is 5.82 Å². The Morgan fingerprint density at radius 3 is 2.68 bits per heavy atom. The predicted octanol–water partition coefficient (Wildman–Crippen LogP) is 1.24. The average molecular weight is 299 g/mol. The van der Waals surface area contributed by atoms with E-state index in [0.29, 0.717) is 5.13 Å². The van der Waals surface area contributed by atoms with Crippen molar-refractivity contribution >= 4 is 32.3 Å². The second-order valence-electron chi connectivity index (χ2n) is 3.79. The highest BCUT2D eigenvalue weighted by Gasteiger charge is 2.17. The number of anilines is 2. The first kappa shape index (κ1) is 13.7. The van der Waals surface area contributed by atoms with Crippen LogP contribution >= 0.6 is 11.3 Å². The quantitative estimate of drug-likeness (QED) is 0.579. The van der Waals surface area contributed by atoms with Crippen LogP contribution in [0.4, 0.5) is 10.9 Å². The molecule has 2 rings (SSSR count). The fraction of sp³-hybridized carbons (Fsp3) is 0.200. The smallest absolute Gasteiger partial charge is 0.263 e. The molecule has 4 N–H and O–H groups in total. The molecule has 0 spiro atoms. The van der Waals surface area contributed by atoms with Crippen LogP contribution in [0, 0.1) is 13.8 Å². The molecule has 0 aliphatic rings. The number of sulfonamides is 1. The minimum absolute atomic E-state index is 0.0703. The molecule has 0 bridgehead atoms. The molecule has 2 aromatic rings. The SMILES string of the molecule is Cc1nc(NS(=O)(=O)c2ccnc(NN)c2)sc1C. The van der Waals surface area contributed by atoms with Crippen LogP contribution in [0.5, 0.6) is 0 Å². The molecule has 0 amide bonds. The second-order valence-corrected chi connectivity index (χ2v) is 6.67. The molecule has 0 aromatic carbocycles. The first-order valence-corrected chi connectivity index (χ1v) is 7.62. The highest BCUT2D eigenvalue weighted by atomic mass is 32.2. The van der Waals surface area contributed by atoms with Gasteiger partial charge in [0.15, 0.2) is 5.13 Å². The lowest BCUT2D eigenvalue weighted by atomic mass is 10.4. The summed E-state index contributed by atoms with van der Waals surface area (Å²) < 4.78 is 26.7. The van der Waals surface area contributed by atoms with Crippen LogP contribution in [0.2, 0.25) is 0 Å². The Hall–Kier alpha value is -1.71. The minimum atomic E-state index is -3.69. The molecule has 0 radical (unpaired) electrons. The van der Waals surface area contributed by atoms with E-state index in [1.807, 2.05) is 13.8 Å². The Balaban J connectivity index is 2.31. The van der Waals surface area contributed by atoms with Crippen LogP contribution < -0.4 is 16.0 Å². The fourth-order valence-electron chi connectivity index (χ4n) is 1.35. The first-order valence-electron chi connectivity index (χ1n) is 5.32. The van der Waals surface area contributed by atoms with Crippen molar-refractivity contribution in [2.45, 2.75) is 18.7 Å². The number of nitrogens with zero attached hydrogens (tertiary/aromatic N) is 2. The van der Waals surface area contributed by atoms with Crippen LogP contribution in [0.25, 0.3) is 0 Å². The van der Waals surface area contributed by atoms with Crippen LogP contribution in [-0.2, 0) is 10.0 Å². The molecule has 0 aliphatic heterocycles. The van der Waals surface area contributed by atoms with Gasteiger partial charge in [0.2, 0.25) is 0 Å². The third-order valence-corrected chi connectivity index (χ3v) is 4.89. The molecule has 2 heterocycles. The van der Waals surface area contributed by atoms with Crippen LogP contribution in [0.3, 0.4) is 0 Å². The molecule has 0 saturated carbocycles. The molecule has 0 fully saturated rings. The van der Waals surface area contributed by atoms with E-state index in [-0.39, 0.29) is 10.7 Å². The fourth-order valence-corrected chi connectivity index (χ4v) is 3.41. The number of hydrogen-bond acceptors (Lipinski definition) is 7. The van der Waals surface area contributed by atoms with E-state index in [4.69, 9.17) is 5.84 Å². The van der Waals surface area contributed by atoms with Crippen molar-refractivity contribution < 1.29 is 8.42 Å². The molecule has 7 nitrogen and oxygen atoms in total. The van der Waals surface area contributed by atoms with E-state index < -0.39 is 10.0 Å². The predicted molar refractivity (Wildman–Crippen MR) is 74.4 cm³/mol. The zero-order valence-electron chi connectivity index (χ0n) is 10.3. The van der Waals surface area contributed by atoms with E-state index in [2.05, 4.69) is 20.1 Å². The second kappa shape index (κ2) is 5.11. The van der Waals surface area contributed by atoms with Crippen molar-refractivity contribution in [3.05, 3.63) is 28.9 Å². The number of aromatic nitrogens is 2. The van der Waals surface area contributed by atoms with Crippen molar-refractivity contribution in [3.63, 3.8) is 0 Å². The maximum atomic E-state index is 12.1. The summed E-state index contributed by atoms with van der Waals surface area (Å²) in [6.07, 6.45) is 1.36. The van der Waals surface area contributed by atoms with Gasteiger partial charge in [-0.3, -0.25) is 4.72 Å². The van der Waals surface area contributed by atoms with Crippen LogP contribution in [0.15, 0.2) is 23.2 Å². The van der Waals surface area contributed by atoms with Gasteiger partial charge in [-0.2, -0.15) is 0 Å². The number of thiazole rings is 1. The summed E-state index contributed by atoms with van der Waals surface area (Å²) in [7, 11) is -3.69. The number of pyridine rings is 1. The Bertz CT molecular complexity index is 676. The number of nitrogens with two attached hydrogens (primary N) is 1. The standard InChI is InChI=1S/C10H13N5O2S2/c1-6-7(2)18-10(13-6)15-19(16,17)8-3-4-12-9(5-8)14-11/h3-5H,11H2,1-2H3,(H,12,14)(H,13,15). The summed E-state index contributed by atoms with van der Waals surface area (Å²) in [6, 6.07) is 2.73. The maximum Gasteiger partial charge on any atom is 0.263 e. The molecule has 2 aromatic heterocycles. The largest absolute Gasteiger partial charge is 0.308 e. The van der Waals surface area contributed by atoms with Gasteiger partial charge in [-0.25, -0.2) is 24.2 Å². The average Bonchev–Trinajstić information content (AvgIpc) is 2.67. The molecule has 19 heavy (non-hydrogen) atoms. The minimum Gasteiger partial charge on any atom is -0.308 e. The van der Waals surface area contributed by atoms with Gasteiger partial charge in [0.05, 0.1) is 10.6 Å². The highest BCUT2D eigenvalue weighted by Crippen LogP contribution is 2.24. The van der Waals surface area contributed by atoms with Gasteiger partial charge in [0, 0.05) is 17.1 Å². The summed E-state index contributed by atoms with van der Waals surface area (Å²) in [6.45, 7) is 3.71. The zero-order chi connectivity index (χ0) is 14.0. The maximum absolute atomic E-state index is 12.1. The normalized spacial score (nSPS) is 11.3. The molecule has 0 atom stereocenters. The monoisotopic (exact) mass is 299 g/mol. The lowest BCUT2D eigenvalue weighted by molar-refractivity contribution is 0.601. The van der Waals surface area contributed by atoms with Crippen LogP contribution in [-0.4, -0.2) is 18.4 Å². The Kier molecular flexibility index (Phi) is 3.69. The van der Waals surface area contributed by atoms with Crippen molar-refractivity contribution in [1.82, 2.24) is 9.97 Å². The van der Waals surface area contributed by atoms with E-state index in [0.717, 1.165) is 10.6 Å². The van der Waals surface area contributed by atoms with E-state index in [1.54, 1.807) is 0 Å². The summed E-state index contributed by atoms with van der Waals surface area (Å²) in [5.74, 6) is 5.47. The van der Waals surface area contributed by atoms with Gasteiger partial charge in [0.25, 0.3) is 10.0 Å². The third kappa shape index (κ3) is 3.00. The molecule has 0 aliphatic carbocycles.